The molecule has 1 aliphatic rings. The molecule has 0 unspecified atom stereocenters. The third kappa shape index (κ3) is 2.61. The highest BCUT2D eigenvalue weighted by molar-refractivity contribution is 14.1. The highest BCUT2D eigenvalue weighted by atomic mass is 127. The molecule has 0 saturated heterocycles. The van der Waals surface area contributed by atoms with Crippen molar-refractivity contribution >= 4 is 22.6 Å². The van der Waals surface area contributed by atoms with Crippen molar-refractivity contribution in [3.8, 4) is 0 Å². The number of alkyl halides is 1. The molecule has 2 heteroatoms. The highest BCUT2D eigenvalue weighted by Gasteiger charge is 2.03. The maximum atomic E-state index is 2.40. The Morgan fingerprint density at radius 3 is 2.36 bits per heavy atom. The molecule has 1 nitrogen and oxygen atoms in total. The fourth-order valence-electron chi connectivity index (χ4n) is 1.40. The van der Waals surface area contributed by atoms with Gasteiger partial charge in [0.15, 0.2) is 0 Å². The summed E-state index contributed by atoms with van der Waals surface area (Å²) in [6.07, 6.45) is 8.68. The molecule has 0 N–H and O–H groups in total. The minimum Gasteiger partial charge on any atom is -0.350 e. The van der Waals surface area contributed by atoms with Crippen molar-refractivity contribution in [3.05, 3.63) is 60.4 Å². The van der Waals surface area contributed by atoms with Gasteiger partial charge in [-0.2, -0.15) is 0 Å². The fraction of sp³-hybridized carbons (Fsp3) is 0.167. The van der Waals surface area contributed by atoms with E-state index < -0.39 is 0 Å². The number of halogens is 1. The van der Waals surface area contributed by atoms with Crippen molar-refractivity contribution in [1.82, 2.24) is 4.90 Å². The largest absolute Gasteiger partial charge is 0.350 e. The standard InChI is InChI=1S/C12H12IN/c13-12-6-8-14(9-7-12)10-11-4-2-1-3-5-11/h1-9,12H,10H2. The summed E-state index contributed by atoms with van der Waals surface area (Å²) in [5.41, 5.74) is 1.34. The molecule has 1 heterocycles. The van der Waals surface area contributed by atoms with E-state index in [1.807, 2.05) is 6.07 Å². The summed E-state index contributed by atoms with van der Waals surface area (Å²) in [6, 6.07) is 10.5. The first kappa shape index (κ1) is 9.77. The fourth-order valence-corrected chi connectivity index (χ4v) is 1.77. The maximum Gasteiger partial charge on any atom is 0.0503 e. The monoisotopic (exact) mass is 297 g/mol. The van der Waals surface area contributed by atoms with E-state index in [0.717, 1.165) is 6.54 Å². The molecule has 2 rings (SSSR count). The average molecular weight is 297 g/mol. The first-order valence-corrected chi connectivity index (χ1v) is 5.89. The first-order valence-electron chi connectivity index (χ1n) is 4.65. The van der Waals surface area contributed by atoms with Gasteiger partial charge in [-0.15, -0.1) is 0 Å². The van der Waals surface area contributed by atoms with Crippen molar-refractivity contribution in [1.29, 1.82) is 0 Å². The van der Waals surface area contributed by atoms with Crippen LogP contribution in [0, 0.1) is 0 Å². The van der Waals surface area contributed by atoms with Crippen molar-refractivity contribution in [2.24, 2.45) is 0 Å². The van der Waals surface area contributed by atoms with Crippen LogP contribution in [0.5, 0.6) is 0 Å². The van der Waals surface area contributed by atoms with Crippen molar-refractivity contribution in [3.63, 3.8) is 0 Å². The molecule has 14 heavy (non-hydrogen) atoms. The summed E-state index contributed by atoms with van der Waals surface area (Å²) >= 11 is 2.40. The van der Waals surface area contributed by atoms with Crippen LogP contribution in [0.15, 0.2) is 54.9 Å². The lowest BCUT2D eigenvalue weighted by Gasteiger charge is -2.19. The van der Waals surface area contributed by atoms with Gasteiger partial charge in [0.05, 0.1) is 3.92 Å². The van der Waals surface area contributed by atoms with Crippen molar-refractivity contribution in [2.75, 3.05) is 0 Å². The van der Waals surface area contributed by atoms with E-state index in [0.29, 0.717) is 3.92 Å². The Hall–Kier alpha value is -0.770. The summed E-state index contributed by atoms with van der Waals surface area (Å²) in [7, 11) is 0. The number of rotatable bonds is 2. The van der Waals surface area contributed by atoms with Gasteiger partial charge in [-0.1, -0.05) is 65.1 Å². The van der Waals surface area contributed by atoms with Gasteiger partial charge < -0.3 is 4.90 Å². The summed E-state index contributed by atoms with van der Waals surface area (Å²) in [4.78, 5) is 2.20. The Morgan fingerprint density at radius 1 is 1.07 bits per heavy atom. The zero-order chi connectivity index (χ0) is 9.80. The van der Waals surface area contributed by atoms with Crippen LogP contribution in [-0.4, -0.2) is 8.82 Å². The first-order chi connectivity index (χ1) is 6.84. The van der Waals surface area contributed by atoms with E-state index in [9.17, 15) is 0 Å². The van der Waals surface area contributed by atoms with Crippen LogP contribution >= 0.6 is 22.6 Å². The molecule has 1 aromatic rings. The third-order valence-electron chi connectivity index (χ3n) is 2.13. The molecule has 0 atom stereocenters. The van der Waals surface area contributed by atoms with Crippen molar-refractivity contribution < 1.29 is 0 Å². The van der Waals surface area contributed by atoms with Crippen molar-refractivity contribution in [2.45, 2.75) is 10.5 Å². The molecule has 1 aliphatic heterocycles. The Labute approximate surface area is 98.3 Å². The van der Waals surface area contributed by atoms with Crippen LogP contribution in [0.2, 0.25) is 0 Å². The maximum absolute atomic E-state index is 2.40. The number of hydrogen-bond acceptors (Lipinski definition) is 1. The van der Waals surface area contributed by atoms with Gasteiger partial charge in [0.2, 0.25) is 0 Å². The van der Waals surface area contributed by atoms with E-state index in [4.69, 9.17) is 0 Å². The molecular weight excluding hydrogens is 285 g/mol. The highest BCUT2D eigenvalue weighted by Crippen LogP contribution is 2.14. The molecule has 0 radical (unpaired) electrons. The molecule has 1 aromatic carbocycles. The molecule has 0 aliphatic carbocycles. The summed E-state index contributed by atoms with van der Waals surface area (Å²) in [5.74, 6) is 0. The van der Waals surface area contributed by atoms with Gasteiger partial charge in [-0.05, 0) is 5.56 Å². The summed E-state index contributed by atoms with van der Waals surface area (Å²) in [5, 5.41) is 0. The predicted octanol–water partition coefficient (Wildman–Crippen LogP) is 3.33. The topological polar surface area (TPSA) is 3.24 Å². The normalized spacial score (nSPS) is 16.2. The molecule has 72 valence electrons. The van der Waals surface area contributed by atoms with Crippen LogP contribution in [0.25, 0.3) is 0 Å². The van der Waals surface area contributed by atoms with Gasteiger partial charge in [-0.25, -0.2) is 0 Å². The van der Waals surface area contributed by atoms with Gasteiger partial charge in [0, 0.05) is 18.9 Å². The number of benzene rings is 1. The Kier molecular flexibility index (Phi) is 3.24. The second kappa shape index (κ2) is 4.64. The quantitative estimate of drug-likeness (QED) is 0.598. The Bertz CT molecular complexity index is 329. The SMILES string of the molecule is IC1C=CN(Cc2ccccc2)C=C1. The minimum absolute atomic E-state index is 0.541. The number of nitrogens with zero attached hydrogens (tertiary/aromatic N) is 1. The molecule has 0 aromatic heterocycles. The van der Waals surface area contributed by atoms with E-state index >= 15 is 0 Å². The van der Waals surface area contributed by atoms with Crippen LogP contribution in [-0.2, 0) is 6.54 Å². The number of hydrogen-bond donors (Lipinski definition) is 0. The van der Waals surface area contributed by atoms with Crippen LogP contribution in [0.4, 0.5) is 0 Å². The molecule has 0 fully saturated rings. The average Bonchev–Trinajstić information content (AvgIpc) is 2.23. The van der Waals surface area contributed by atoms with Gasteiger partial charge >= 0.3 is 0 Å². The summed E-state index contributed by atoms with van der Waals surface area (Å²) in [6.45, 7) is 0.956. The van der Waals surface area contributed by atoms with E-state index in [-0.39, 0.29) is 0 Å². The minimum atomic E-state index is 0.541. The van der Waals surface area contributed by atoms with Gasteiger partial charge in [0.1, 0.15) is 0 Å². The predicted molar refractivity (Wildman–Crippen MR) is 68.1 cm³/mol. The lowest BCUT2D eigenvalue weighted by Crippen LogP contribution is -2.13. The molecule has 0 spiro atoms. The van der Waals surface area contributed by atoms with Gasteiger partial charge in [0.25, 0.3) is 0 Å². The zero-order valence-electron chi connectivity index (χ0n) is 7.81. The van der Waals surface area contributed by atoms with E-state index in [1.54, 1.807) is 0 Å². The third-order valence-corrected chi connectivity index (χ3v) is 2.96. The zero-order valence-corrected chi connectivity index (χ0v) is 9.96. The lowest BCUT2D eigenvalue weighted by molar-refractivity contribution is 0.494. The number of allylic oxidation sites excluding steroid dienone is 2. The molecule has 0 saturated carbocycles. The lowest BCUT2D eigenvalue weighted by atomic mass is 10.2. The second-order valence-electron chi connectivity index (χ2n) is 3.29. The Morgan fingerprint density at radius 2 is 1.71 bits per heavy atom. The smallest absolute Gasteiger partial charge is 0.0503 e. The van der Waals surface area contributed by atoms with Crippen LogP contribution < -0.4 is 0 Å². The molecular formula is C12H12IN. The van der Waals surface area contributed by atoms with Gasteiger partial charge in [-0.3, -0.25) is 0 Å². The second-order valence-corrected chi connectivity index (χ2v) is 4.72. The Balaban J connectivity index is 2.00. The van der Waals surface area contributed by atoms with E-state index in [1.165, 1.54) is 5.56 Å². The molecule has 0 amide bonds. The van der Waals surface area contributed by atoms with E-state index in [2.05, 4.69) is 76.3 Å². The summed E-state index contributed by atoms with van der Waals surface area (Å²) < 4.78 is 0.541. The molecule has 0 bridgehead atoms. The van der Waals surface area contributed by atoms with Crippen LogP contribution in [0.3, 0.4) is 0 Å². The van der Waals surface area contributed by atoms with Crippen LogP contribution in [0.1, 0.15) is 5.56 Å².